The lowest BCUT2D eigenvalue weighted by Gasteiger charge is -2.17. The van der Waals surface area contributed by atoms with Gasteiger partial charge in [0.15, 0.2) is 0 Å². The Hall–Kier alpha value is -2.10. The van der Waals surface area contributed by atoms with Crippen LogP contribution in [0.15, 0.2) is 46.6 Å². The van der Waals surface area contributed by atoms with Crippen molar-refractivity contribution in [3.8, 4) is 0 Å². The summed E-state index contributed by atoms with van der Waals surface area (Å²) >= 11 is 0. The molecule has 0 bridgehead atoms. The van der Waals surface area contributed by atoms with Gasteiger partial charge >= 0.3 is 11.9 Å². The zero-order valence-electron chi connectivity index (χ0n) is 21.8. The van der Waals surface area contributed by atoms with E-state index < -0.39 is 5.92 Å². The Labute approximate surface area is 196 Å². The van der Waals surface area contributed by atoms with Gasteiger partial charge in [0.05, 0.1) is 19.4 Å². The summed E-state index contributed by atoms with van der Waals surface area (Å²) in [6.45, 7) is 14.8. The van der Waals surface area contributed by atoms with Crippen molar-refractivity contribution < 1.29 is 19.1 Å². The van der Waals surface area contributed by atoms with Crippen LogP contribution in [0.5, 0.6) is 0 Å². The van der Waals surface area contributed by atoms with Crippen LogP contribution in [-0.4, -0.2) is 25.7 Å². The van der Waals surface area contributed by atoms with E-state index in [0.717, 1.165) is 38.5 Å². The lowest BCUT2D eigenvalue weighted by atomic mass is 9.93. The van der Waals surface area contributed by atoms with Crippen LogP contribution >= 0.6 is 0 Å². The molecule has 0 aliphatic heterocycles. The van der Waals surface area contributed by atoms with Crippen LogP contribution < -0.4 is 0 Å². The third kappa shape index (κ3) is 15.7. The van der Waals surface area contributed by atoms with Crippen LogP contribution in [0.2, 0.25) is 0 Å². The van der Waals surface area contributed by atoms with Gasteiger partial charge in [0.25, 0.3) is 0 Å². The number of methoxy groups -OCH3 is 1. The predicted octanol–water partition coefficient (Wildman–Crippen LogP) is 7.51. The van der Waals surface area contributed by atoms with Crippen LogP contribution in [0.25, 0.3) is 0 Å². The van der Waals surface area contributed by atoms with Crippen molar-refractivity contribution in [2.45, 2.75) is 93.4 Å². The fraction of sp³-hybridized carbons (Fsp3) is 0.643. The molecule has 32 heavy (non-hydrogen) atoms. The van der Waals surface area contributed by atoms with E-state index in [0.29, 0.717) is 0 Å². The molecule has 0 saturated carbocycles. The highest BCUT2D eigenvalue weighted by molar-refractivity contribution is 5.80. The van der Waals surface area contributed by atoms with Gasteiger partial charge in [-0.1, -0.05) is 54.4 Å². The van der Waals surface area contributed by atoms with Crippen molar-refractivity contribution in [3.05, 3.63) is 46.6 Å². The summed E-state index contributed by atoms with van der Waals surface area (Å²) in [6.07, 6.45) is 15.4. The molecule has 4 nitrogen and oxygen atoms in total. The number of hydrogen-bond acceptors (Lipinski definition) is 4. The molecular formula is C28H46O4. The minimum Gasteiger partial charge on any atom is -0.469 e. The highest BCUT2D eigenvalue weighted by Gasteiger charge is 2.26. The molecule has 4 heteroatoms. The Bertz CT molecular complexity index is 688. The first-order valence-electron chi connectivity index (χ1n) is 11.9. The second-order valence-electron chi connectivity index (χ2n) is 9.31. The Morgan fingerprint density at radius 3 is 1.66 bits per heavy atom. The quantitative estimate of drug-likeness (QED) is 0.193. The molecule has 0 heterocycles. The van der Waals surface area contributed by atoms with Crippen LogP contribution in [0.4, 0.5) is 0 Å². The summed E-state index contributed by atoms with van der Waals surface area (Å²) in [6, 6.07) is 0. The molecule has 0 spiro atoms. The number of allylic oxidation sites excluding steroid dienone is 7. The topological polar surface area (TPSA) is 52.6 Å². The van der Waals surface area contributed by atoms with Crippen molar-refractivity contribution in [2.75, 3.05) is 13.7 Å². The molecule has 0 N–H and O–H groups in total. The zero-order valence-corrected chi connectivity index (χ0v) is 21.8. The largest absolute Gasteiger partial charge is 0.469 e. The maximum atomic E-state index is 12.0. The summed E-state index contributed by atoms with van der Waals surface area (Å²) in [5, 5.41) is 0. The van der Waals surface area contributed by atoms with Crippen molar-refractivity contribution in [2.24, 2.45) is 11.8 Å². The Morgan fingerprint density at radius 2 is 1.22 bits per heavy atom. The molecule has 0 aromatic carbocycles. The van der Waals surface area contributed by atoms with E-state index in [4.69, 9.17) is 9.47 Å². The van der Waals surface area contributed by atoms with Gasteiger partial charge in [-0.15, -0.1) is 0 Å². The van der Waals surface area contributed by atoms with Crippen molar-refractivity contribution in [1.29, 1.82) is 0 Å². The van der Waals surface area contributed by atoms with Gasteiger partial charge in [0, 0.05) is 0 Å². The van der Waals surface area contributed by atoms with E-state index in [1.165, 1.54) is 29.4 Å². The Kier molecular flexibility index (Phi) is 16.3. The van der Waals surface area contributed by atoms with Crippen molar-refractivity contribution in [3.63, 3.8) is 0 Å². The molecule has 0 amide bonds. The van der Waals surface area contributed by atoms with E-state index in [-0.39, 0.29) is 30.9 Å². The molecule has 1 atom stereocenters. The van der Waals surface area contributed by atoms with Gasteiger partial charge < -0.3 is 9.47 Å². The lowest BCUT2D eigenvalue weighted by molar-refractivity contribution is -0.154. The number of esters is 2. The molecule has 0 aliphatic rings. The molecule has 0 radical (unpaired) electrons. The van der Waals surface area contributed by atoms with Gasteiger partial charge in [-0.25, -0.2) is 0 Å². The first-order valence-corrected chi connectivity index (χ1v) is 11.9. The number of ether oxygens (including phenoxy) is 2. The molecule has 0 aliphatic carbocycles. The Balaban J connectivity index is 4.23. The van der Waals surface area contributed by atoms with E-state index in [1.807, 2.05) is 19.9 Å². The maximum Gasteiger partial charge on any atom is 0.309 e. The van der Waals surface area contributed by atoms with E-state index in [2.05, 4.69) is 52.8 Å². The standard InChI is InChI=1S/C28H46O4/c1-21(2)12-9-13-23(5)14-10-15-24(6)16-11-17-25(7)18-19-32-27(29)20-26(22(3)4)28(30)31-8/h12,14,16,18,22,26H,9-11,13,15,17,19-20H2,1-8H3/b23-14+,24-16+,25-18+/t26-/m0/s1. The normalized spacial score (nSPS) is 13.7. The number of rotatable bonds is 15. The van der Waals surface area contributed by atoms with Crippen LogP contribution in [0, 0.1) is 11.8 Å². The monoisotopic (exact) mass is 446 g/mol. The summed E-state index contributed by atoms with van der Waals surface area (Å²) in [7, 11) is 1.34. The van der Waals surface area contributed by atoms with Gasteiger partial charge in [-0.05, 0) is 85.1 Å². The van der Waals surface area contributed by atoms with Crippen LogP contribution in [-0.2, 0) is 19.1 Å². The molecule has 182 valence electrons. The minimum atomic E-state index is -0.457. The minimum absolute atomic E-state index is 0.0317. The van der Waals surface area contributed by atoms with E-state index >= 15 is 0 Å². The third-order valence-corrected chi connectivity index (χ3v) is 5.53. The highest BCUT2D eigenvalue weighted by Crippen LogP contribution is 2.18. The first kappa shape index (κ1) is 29.9. The average molecular weight is 447 g/mol. The molecule has 0 fully saturated rings. The molecule has 0 aromatic rings. The molecule has 0 saturated heterocycles. The Morgan fingerprint density at radius 1 is 0.750 bits per heavy atom. The average Bonchev–Trinajstić information content (AvgIpc) is 2.71. The number of hydrogen-bond donors (Lipinski definition) is 0. The molecular weight excluding hydrogens is 400 g/mol. The highest BCUT2D eigenvalue weighted by atomic mass is 16.5. The number of carbonyl (C=O) groups is 2. The summed E-state index contributed by atoms with van der Waals surface area (Å²) in [5.41, 5.74) is 5.47. The van der Waals surface area contributed by atoms with Gasteiger partial charge in [-0.3, -0.25) is 9.59 Å². The first-order chi connectivity index (χ1) is 15.1. The van der Waals surface area contributed by atoms with Crippen molar-refractivity contribution >= 4 is 11.9 Å². The summed E-state index contributed by atoms with van der Waals surface area (Å²) in [5.74, 6) is -1.15. The van der Waals surface area contributed by atoms with E-state index in [9.17, 15) is 9.59 Å². The number of carbonyl (C=O) groups excluding carboxylic acids is 2. The summed E-state index contributed by atoms with van der Waals surface area (Å²) in [4.78, 5) is 23.8. The van der Waals surface area contributed by atoms with Gasteiger partial charge in [0.1, 0.15) is 6.61 Å². The predicted molar refractivity (Wildman–Crippen MR) is 134 cm³/mol. The smallest absolute Gasteiger partial charge is 0.309 e. The fourth-order valence-corrected chi connectivity index (χ4v) is 3.25. The van der Waals surface area contributed by atoms with E-state index in [1.54, 1.807) is 0 Å². The maximum absolute atomic E-state index is 12.0. The third-order valence-electron chi connectivity index (χ3n) is 5.53. The zero-order chi connectivity index (χ0) is 24.5. The SMILES string of the molecule is COC(=O)[C@@H](CC(=O)OC/C=C(\C)CC/C=C(\C)CC/C=C(\C)CCC=C(C)C)C(C)C. The molecule has 0 rings (SSSR count). The van der Waals surface area contributed by atoms with Crippen LogP contribution in [0.3, 0.4) is 0 Å². The molecule has 0 aromatic heterocycles. The summed E-state index contributed by atoms with van der Waals surface area (Å²) < 4.78 is 10.1. The lowest BCUT2D eigenvalue weighted by Crippen LogP contribution is -2.25. The van der Waals surface area contributed by atoms with Gasteiger partial charge in [-0.2, -0.15) is 0 Å². The fourth-order valence-electron chi connectivity index (χ4n) is 3.25. The second-order valence-corrected chi connectivity index (χ2v) is 9.31. The van der Waals surface area contributed by atoms with Crippen LogP contribution in [0.1, 0.15) is 93.4 Å². The van der Waals surface area contributed by atoms with Gasteiger partial charge in [0.2, 0.25) is 0 Å². The van der Waals surface area contributed by atoms with Crippen molar-refractivity contribution in [1.82, 2.24) is 0 Å². The molecule has 0 unspecified atom stereocenters. The second kappa shape index (κ2) is 17.5.